The maximum absolute atomic E-state index is 12.8. The first-order chi connectivity index (χ1) is 12.1. The van der Waals surface area contributed by atoms with E-state index in [1.807, 2.05) is 28.8 Å². The normalized spacial score (nSPS) is 10.6. The molecule has 2 heterocycles. The van der Waals surface area contributed by atoms with Crippen molar-refractivity contribution in [3.8, 4) is 0 Å². The number of hydrogen-bond acceptors (Lipinski definition) is 3. The molecule has 0 fully saturated rings. The van der Waals surface area contributed by atoms with Gasteiger partial charge in [-0.25, -0.2) is 9.37 Å². The summed E-state index contributed by atoms with van der Waals surface area (Å²) >= 11 is 0. The average molecular weight is 340 g/mol. The first kappa shape index (κ1) is 16.6. The number of nitrogens with one attached hydrogen (secondary N) is 2. The fourth-order valence-electron chi connectivity index (χ4n) is 2.39. The first-order valence-electron chi connectivity index (χ1n) is 7.85. The minimum absolute atomic E-state index is 0.156. The Morgan fingerprint density at radius 1 is 1.08 bits per heavy atom. The second kappa shape index (κ2) is 7.57. The van der Waals surface area contributed by atoms with Gasteiger partial charge in [-0.15, -0.1) is 0 Å². The quantitative estimate of drug-likeness (QED) is 0.720. The molecule has 0 aliphatic carbocycles. The highest BCUT2D eigenvalue weighted by Gasteiger charge is 2.08. The molecule has 0 atom stereocenters. The highest BCUT2D eigenvalue weighted by Crippen LogP contribution is 2.05. The number of amides is 2. The summed E-state index contributed by atoms with van der Waals surface area (Å²) in [6.45, 7) is 0.561. The van der Waals surface area contributed by atoms with Crippen molar-refractivity contribution in [3.63, 3.8) is 0 Å². The monoisotopic (exact) mass is 340 g/mol. The Hall–Kier alpha value is -3.22. The lowest BCUT2D eigenvalue weighted by molar-refractivity contribution is -0.121. The van der Waals surface area contributed by atoms with Gasteiger partial charge in [0.05, 0.1) is 18.4 Å². The number of hydrogen-bond donors (Lipinski definition) is 2. The van der Waals surface area contributed by atoms with Crippen LogP contribution in [0, 0.1) is 5.82 Å². The smallest absolute Gasteiger partial charge is 0.251 e. The van der Waals surface area contributed by atoms with Gasteiger partial charge in [0.25, 0.3) is 5.91 Å². The second-order valence-corrected chi connectivity index (χ2v) is 5.47. The van der Waals surface area contributed by atoms with Crippen molar-refractivity contribution in [2.24, 2.45) is 0 Å². The van der Waals surface area contributed by atoms with E-state index in [-0.39, 0.29) is 24.8 Å². The van der Waals surface area contributed by atoms with Crippen LogP contribution in [-0.2, 0) is 11.3 Å². The number of carbonyl (C=O) groups excluding carboxylic acids is 2. The van der Waals surface area contributed by atoms with Crippen LogP contribution < -0.4 is 10.6 Å². The van der Waals surface area contributed by atoms with Crippen LogP contribution in [0.2, 0.25) is 0 Å². The molecule has 0 bridgehead atoms. The third-order valence-electron chi connectivity index (χ3n) is 3.70. The molecular formula is C18H17FN4O2. The number of fused-ring (bicyclic) bond motifs is 1. The van der Waals surface area contributed by atoms with E-state index < -0.39 is 5.82 Å². The van der Waals surface area contributed by atoms with Crippen molar-refractivity contribution in [3.05, 3.63) is 71.9 Å². The molecule has 0 radical (unpaired) electrons. The van der Waals surface area contributed by atoms with Gasteiger partial charge in [-0.1, -0.05) is 6.07 Å². The summed E-state index contributed by atoms with van der Waals surface area (Å²) in [5.74, 6) is -0.914. The number of carbonyl (C=O) groups is 2. The zero-order chi connectivity index (χ0) is 17.6. The van der Waals surface area contributed by atoms with Crippen molar-refractivity contribution in [1.82, 2.24) is 20.0 Å². The van der Waals surface area contributed by atoms with Gasteiger partial charge in [0, 0.05) is 24.7 Å². The Bertz CT molecular complexity index is 889. The molecule has 3 aromatic rings. The molecule has 128 valence electrons. The fraction of sp³-hybridized carbons (Fsp3) is 0.167. The minimum atomic E-state index is -0.400. The van der Waals surface area contributed by atoms with E-state index in [1.54, 1.807) is 6.20 Å². The highest BCUT2D eigenvalue weighted by molar-refractivity contribution is 5.94. The van der Waals surface area contributed by atoms with Crippen molar-refractivity contribution >= 4 is 17.5 Å². The number of benzene rings is 1. The Morgan fingerprint density at radius 3 is 2.68 bits per heavy atom. The first-order valence-corrected chi connectivity index (χ1v) is 7.85. The van der Waals surface area contributed by atoms with Crippen molar-refractivity contribution in [2.75, 3.05) is 6.54 Å². The van der Waals surface area contributed by atoms with Crippen LogP contribution in [0.5, 0.6) is 0 Å². The molecular weight excluding hydrogens is 323 g/mol. The SMILES string of the molecule is O=C(CCNC(=O)c1ccc(F)cc1)NCc1cnc2ccccn12. The molecule has 0 unspecified atom stereocenters. The lowest BCUT2D eigenvalue weighted by Gasteiger charge is -2.07. The van der Waals surface area contributed by atoms with Crippen LogP contribution >= 0.6 is 0 Å². The summed E-state index contributed by atoms with van der Waals surface area (Å²) in [4.78, 5) is 28.0. The summed E-state index contributed by atoms with van der Waals surface area (Å²) in [7, 11) is 0. The summed E-state index contributed by atoms with van der Waals surface area (Å²) < 4.78 is 14.7. The lowest BCUT2D eigenvalue weighted by Crippen LogP contribution is -2.30. The number of aromatic nitrogens is 2. The van der Waals surface area contributed by atoms with Gasteiger partial charge in [-0.3, -0.25) is 9.59 Å². The molecule has 0 saturated carbocycles. The summed E-state index contributed by atoms with van der Waals surface area (Å²) in [5.41, 5.74) is 2.05. The van der Waals surface area contributed by atoms with Crippen LogP contribution in [0.25, 0.3) is 5.65 Å². The van der Waals surface area contributed by atoms with E-state index in [0.29, 0.717) is 12.1 Å². The van der Waals surface area contributed by atoms with Crippen LogP contribution in [0.15, 0.2) is 54.9 Å². The largest absolute Gasteiger partial charge is 0.352 e. The Kier molecular flexibility index (Phi) is 5.03. The molecule has 0 aliphatic heterocycles. The Balaban J connectivity index is 1.44. The summed E-state index contributed by atoms with van der Waals surface area (Å²) in [6.07, 6.45) is 3.75. The van der Waals surface area contributed by atoms with Gasteiger partial charge >= 0.3 is 0 Å². The van der Waals surface area contributed by atoms with Crippen molar-refractivity contribution < 1.29 is 14.0 Å². The number of imidazole rings is 1. The predicted molar refractivity (Wildman–Crippen MR) is 90.4 cm³/mol. The van der Waals surface area contributed by atoms with E-state index in [2.05, 4.69) is 15.6 Å². The van der Waals surface area contributed by atoms with E-state index in [1.165, 1.54) is 24.3 Å². The van der Waals surface area contributed by atoms with Gasteiger partial charge in [-0.05, 0) is 36.4 Å². The van der Waals surface area contributed by atoms with E-state index >= 15 is 0 Å². The van der Waals surface area contributed by atoms with Crippen molar-refractivity contribution in [1.29, 1.82) is 0 Å². The van der Waals surface area contributed by atoms with Gasteiger partial charge in [0.2, 0.25) is 5.91 Å². The van der Waals surface area contributed by atoms with Gasteiger partial charge < -0.3 is 15.0 Å². The summed E-state index contributed by atoms with van der Waals surface area (Å²) in [5, 5.41) is 5.43. The zero-order valence-electron chi connectivity index (χ0n) is 13.4. The molecule has 7 heteroatoms. The van der Waals surface area contributed by atoms with E-state index in [0.717, 1.165) is 11.3 Å². The van der Waals surface area contributed by atoms with Crippen molar-refractivity contribution in [2.45, 2.75) is 13.0 Å². The molecule has 6 nitrogen and oxygen atoms in total. The average Bonchev–Trinajstić information content (AvgIpc) is 3.03. The number of rotatable bonds is 6. The molecule has 25 heavy (non-hydrogen) atoms. The molecule has 2 amide bonds. The third kappa shape index (κ3) is 4.20. The maximum atomic E-state index is 12.8. The predicted octanol–water partition coefficient (Wildman–Crippen LogP) is 1.91. The van der Waals surface area contributed by atoms with Gasteiger partial charge in [0.1, 0.15) is 11.5 Å². The Morgan fingerprint density at radius 2 is 1.88 bits per heavy atom. The zero-order valence-corrected chi connectivity index (χ0v) is 13.4. The fourth-order valence-corrected chi connectivity index (χ4v) is 2.39. The van der Waals surface area contributed by atoms with Gasteiger partial charge in [-0.2, -0.15) is 0 Å². The van der Waals surface area contributed by atoms with E-state index in [4.69, 9.17) is 0 Å². The van der Waals surface area contributed by atoms with Crippen LogP contribution in [0.3, 0.4) is 0 Å². The molecule has 3 rings (SSSR count). The second-order valence-electron chi connectivity index (χ2n) is 5.47. The molecule has 2 aromatic heterocycles. The Labute approximate surface area is 143 Å². The number of pyridine rings is 1. The van der Waals surface area contributed by atoms with Crippen LogP contribution in [-0.4, -0.2) is 27.7 Å². The van der Waals surface area contributed by atoms with E-state index in [9.17, 15) is 14.0 Å². The molecule has 0 saturated heterocycles. The molecule has 0 aliphatic rings. The minimum Gasteiger partial charge on any atom is -0.352 e. The third-order valence-corrected chi connectivity index (χ3v) is 3.70. The van der Waals surface area contributed by atoms with Crippen LogP contribution in [0.1, 0.15) is 22.5 Å². The van der Waals surface area contributed by atoms with Crippen LogP contribution in [0.4, 0.5) is 4.39 Å². The number of nitrogens with zero attached hydrogens (tertiary/aromatic N) is 2. The molecule has 0 spiro atoms. The summed E-state index contributed by atoms with van der Waals surface area (Å²) in [6, 6.07) is 10.9. The lowest BCUT2D eigenvalue weighted by atomic mass is 10.2. The topological polar surface area (TPSA) is 75.5 Å². The standard InChI is InChI=1S/C18H17FN4O2/c19-14-6-4-13(5-7-14)18(25)20-9-8-17(24)22-12-15-11-21-16-3-1-2-10-23(15)16/h1-7,10-11H,8-9,12H2,(H,20,25)(H,22,24). The number of halogens is 1. The maximum Gasteiger partial charge on any atom is 0.251 e. The molecule has 1 aromatic carbocycles. The van der Waals surface area contributed by atoms with Gasteiger partial charge in [0.15, 0.2) is 0 Å². The highest BCUT2D eigenvalue weighted by atomic mass is 19.1. The molecule has 2 N–H and O–H groups in total.